The number of aromatic amines is 1. The molecule has 16 nitrogen and oxygen atoms in total. The molecule has 1 aromatic heterocycles. The number of rotatable bonds is 7. The number of aliphatic hydroxyl groups is 1. The minimum Gasteiger partial charge on any atom is -0.496 e. The largest absolute Gasteiger partial charge is 0.496 e. The molecule has 1 aliphatic carbocycles. The van der Waals surface area contributed by atoms with Gasteiger partial charge in [-0.3, -0.25) is 28.5 Å². The summed E-state index contributed by atoms with van der Waals surface area (Å²) in [5.41, 5.74) is 1.05. The fraction of sp³-hybridized carbons (Fsp3) is 0.533. The third-order valence-electron chi connectivity index (χ3n) is 14.8. The van der Waals surface area contributed by atoms with Crippen LogP contribution < -0.4 is 9.64 Å². The van der Waals surface area contributed by atoms with Crippen molar-refractivity contribution < 1.29 is 56.0 Å². The van der Waals surface area contributed by atoms with Gasteiger partial charge in [0.05, 0.1) is 27.4 Å². The van der Waals surface area contributed by atoms with E-state index in [0.717, 1.165) is 52.9 Å². The molecule has 3 aromatic rings. The van der Waals surface area contributed by atoms with E-state index in [9.17, 15) is 14.7 Å². The Morgan fingerprint density at radius 1 is 0.984 bits per heavy atom. The molecule has 2 fully saturated rings. The molecule has 6 heterocycles. The Morgan fingerprint density at radius 2 is 1.69 bits per heavy atom. The van der Waals surface area contributed by atoms with Crippen molar-refractivity contribution in [2.24, 2.45) is 11.3 Å². The third kappa shape index (κ3) is 6.25. The average molecular weight is 877 g/mol. The number of para-hydroxylation sites is 1. The zero-order valence-corrected chi connectivity index (χ0v) is 37.0. The van der Waals surface area contributed by atoms with Gasteiger partial charge in [-0.1, -0.05) is 55.8 Å². The van der Waals surface area contributed by atoms with Crippen LogP contribution in [0.2, 0.25) is 0 Å². The molecule has 5 aliphatic heterocycles. The number of H-pyrrole nitrogens is 1. The first-order chi connectivity index (χ1) is 29.4. The van der Waals surface area contributed by atoms with E-state index in [1.54, 1.807) is 7.11 Å². The number of hydrogen-bond acceptors (Lipinski definition) is 13. The van der Waals surface area contributed by atoms with Gasteiger partial charge in [0.2, 0.25) is 5.60 Å². The summed E-state index contributed by atoms with van der Waals surface area (Å²) in [6.45, 7) is 9.19. The van der Waals surface area contributed by atoms with Crippen LogP contribution in [0.15, 0.2) is 60.2 Å². The third-order valence-corrected chi connectivity index (χ3v) is 14.8. The van der Waals surface area contributed by atoms with Crippen LogP contribution in [-0.4, -0.2) is 134 Å². The van der Waals surface area contributed by atoms with Gasteiger partial charge in [0.15, 0.2) is 6.10 Å². The Bertz CT molecular complexity index is 2500. The van der Waals surface area contributed by atoms with Gasteiger partial charge in [-0.25, -0.2) is 4.79 Å². The predicted octanol–water partition coefficient (Wildman–Crippen LogP) is 4.10. The maximum absolute atomic E-state index is 15.2. The lowest BCUT2D eigenvalue weighted by atomic mass is 9.47. The molecular weight excluding hydrogens is 821 g/mol. The first-order valence-electron chi connectivity index (χ1n) is 21.0. The first kappa shape index (κ1) is 43.9. The van der Waals surface area contributed by atoms with Crippen molar-refractivity contribution in [1.82, 2.24) is 14.8 Å². The number of carbonyl (C=O) groups excluding carboxylic acids is 3. The van der Waals surface area contributed by atoms with E-state index in [2.05, 4.69) is 58.1 Å². The molecule has 4 N–H and O–H groups in total. The highest BCUT2D eigenvalue weighted by Crippen LogP contribution is 2.68. The molecule has 17 heteroatoms. The van der Waals surface area contributed by atoms with Crippen molar-refractivity contribution in [3.63, 3.8) is 0 Å². The van der Waals surface area contributed by atoms with Gasteiger partial charge in [0, 0.05) is 90.9 Å². The van der Waals surface area contributed by atoms with Gasteiger partial charge in [0.25, 0.3) is 0 Å². The summed E-state index contributed by atoms with van der Waals surface area (Å²) >= 11 is 0. The number of fused-ring (bicyclic) bond motifs is 6. The monoisotopic (exact) mass is 876 g/mol. The van der Waals surface area contributed by atoms with Crippen LogP contribution in [0, 0.1) is 11.3 Å². The molecule has 6 aliphatic rings. The molecule has 0 amide bonds. The fourth-order valence-electron chi connectivity index (χ4n) is 12.8. The summed E-state index contributed by atoms with van der Waals surface area (Å²) in [7, 11) is 1.56. The standard InChI is InChI=1S/C45H54N4O8.H2O4S/c1-8-27-19-28-22-44(40(51)55-6,36-30(25-48(23-27)24-28)29-13-10-11-14-33(29)46-36)32-20-31-34(21-35(32)54-5)47(4)38-43(31)16-18-49-17-12-15-42(9-2,37(43)49)39(57-26(3)50)45(38,53)41(52)56-7;1-5(2,3)4/h10-15,19-21,28,37-39,46,53H,8-9,16-18,22-25H2,1-7H3;(H2,1,2,3,4)/t28-,37-,38+,39+,42+,43+,44-,45-;/m0./s1. The molecule has 9 rings (SSSR count). The second kappa shape index (κ2) is 15.5. The first-order valence-corrected chi connectivity index (χ1v) is 22.4. The van der Waals surface area contributed by atoms with E-state index in [1.807, 2.05) is 37.1 Å². The Morgan fingerprint density at radius 3 is 2.34 bits per heavy atom. The maximum atomic E-state index is 15.2. The molecule has 1 saturated carbocycles. The quantitative estimate of drug-likeness (QED) is 0.114. The number of likely N-dealkylation sites (N-methyl/N-ethyl adjacent to an activating group) is 1. The minimum atomic E-state index is -4.67. The maximum Gasteiger partial charge on any atom is 0.394 e. The lowest BCUT2D eigenvalue weighted by Gasteiger charge is -2.63. The fourth-order valence-corrected chi connectivity index (χ4v) is 12.8. The van der Waals surface area contributed by atoms with Gasteiger partial charge in [-0.2, -0.15) is 8.42 Å². The Kier molecular flexibility index (Phi) is 11.0. The van der Waals surface area contributed by atoms with Gasteiger partial charge < -0.3 is 33.9 Å². The predicted molar refractivity (Wildman–Crippen MR) is 228 cm³/mol. The molecule has 1 spiro atoms. The topological polar surface area (TPSA) is 208 Å². The van der Waals surface area contributed by atoms with E-state index < -0.39 is 56.3 Å². The summed E-state index contributed by atoms with van der Waals surface area (Å²) in [5.74, 6) is -1.31. The number of esters is 3. The zero-order valence-electron chi connectivity index (χ0n) is 36.1. The second-order valence-corrected chi connectivity index (χ2v) is 18.5. The number of carbonyl (C=O) groups is 3. The summed E-state index contributed by atoms with van der Waals surface area (Å²) < 4.78 is 55.5. The molecule has 2 aromatic carbocycles. The Balaban J connectivity index is 0.00000100. The molecular formula is C45H56N4O12S. The number of aromatic nitrogens is 1. The Hall–Kier alpha value is -4.78. The highest BCUT2D eigenvalue weighted by Gasteiger charge is 2.80. The van der Waals surface area contributed by atoms with E-state index in [-0.39, 0.29) is 17.9 Å². The smallest absolute Gasteiger partial charge is 0.394 e. The van der Waals surface area contributed by atoms with Crippen LogP contribution in [-0.2, 0) is 56.4 Å². The van der Waals surface area contributed by atoms with Crippen molar-refractivity contribution in [3.05, 3.63) is 82.6 Å². The van der Waals surface area contributed by atoms with Crippen LogP contribution in [0.25, 0.3) is 10.9 Å². The van der Waals surface area contributed by atoms with Crippen molar-refractivity contribution in [2.45, 2.75) is 87.6 Å². The molecule has 0 radical (unpaired) electrons. The van der Waals surface area contributed by atoms with Crippen LogP contribution >= 0.6 is 0 Å². The van der Waals surface area contributed by atoms with E-state index in [0.29, 0.717) is 50.2 Å². The minimum absolute atomic E-state index is 0.0284. The molecule has 1 unspecified atom stereocenters. The summed E-state index contributed by atoms with van der Waals surface area (Å²) in [4.78, 5) is 53.1. The number of nitrogens with zero attached hydrogens (tertiary/aromatic N) is 3. The highest BCUT2D eigenvalue weighted by molar-refractivity contribution is 7.79. The summed E-state index contributed by atoms with van der Waals surface area (Å²) in [6, 6.07) is 11.2. The number of ether oxygens (including phenoxy) is 4. The van der Waals surface area contributed by atoms with Crippen LogP contribution in [0.5, 0.6) is 5.75 Å². The molecule has 9 atom stereocenters. The van der Waals surface area contributed by atoms with Crippen LogP contribution in [0.3, 0.4) is 0 Å². The van der Waals surface area contributed by atoms with Crippen LogP contribution in [0.4, 0.5) is 5.69 Å². The normalized spacial score (nSPS) is 33.0. The van der Waals surface area contributed by atoms with Gasteiger partial charge in [0.1, 0.15) is 11.2 Å². The van der Waals surface area contributed by atoms with Crippen LogP contribution in [0.1, 0.15) is 68.8 Å². The summed E-state index contributed by atoms with van der Waals surface area (Å²) in [6.07, 6.45) is 7.67. The van der Waals surface area contributed by atoms with Gasteiger partial charge in [-0.15, -0.1) is 0 Å². The molecule has 62 heavy (non-hydrogen) atoms. The Labute approximate surface area is 361 Å². The number of hydrogen-bond donors (Lipinski definition) is 4. The highest BCUT2D eigenvalue weighted by atomic mass is 32.3. The number of anilines is 1. The zero-order chi connectivity index (χ0) is 44.7. The average Bonchev–Trinajstić information content (AvgIpc) is 3.89. The molecule has 334 valence electrons. The summed E-state index contributed by atoms with van der Waals surface area (Å²) in [5, 5.41) is 14.4. The van der Waals surface area contributed by atoms with Gasteiger partial charge >= 0.3 is 28.3 Å². The SMILES string of the molecule is CCC1=C[C@@H]2CN(C1)Cc1c([nH]c3ccccc13)[C@@](C(=O)OC)(c1cc3c(cc1OC)N(C)[C@H]1[C@@](O)(C(=O)OC)[C@H](OC(C)=O)[C@]4(CC)C=CCN5CC[C@]31[C@@H]54)C2.O=S(=O)(O)O. The number of benzene rings is 2. The number of methoxy groups -OCH3 is 3. The lowest BCUT2D eigenvalue weighted by molar-refractivity contribution is -0.228. The van der Waals surface area contributed by atoms with Crippen molar-refractivity contribution in [1.29, 1.82) is 0 Å². The van der Waals surface area contributed by atoms with Crippen molar-refractivity contribution in [3.8, 4) is 5.75 Å². The lowest BCUT2D eigenvalue weighted by Crippen LogP contribution is -2.81. The van der Waals surface area contributed by atoms with Crippen molar-refractivity contribution in [2.75, 3.05) is 59.5 Å². The molecule has 1 saturated heterocycles. The van der Waals surface area contributed by atoms with Crippen molar-refractivity contribution >= 4 is 44.9 Å². The van der Waals surface area contributed by atoms with E-state index in [4.69, 9.17) is 36.5 Å². The van der Waals surface area contributed by atoms with E-state index in [1.165, 1.54) is 26.7 Å². The van der Waals surface area contributed by atoms with E-state index >= 15 is 4.79 Å². The number of nitrogens with one attached hydrogen (secondary N) is 1. The van der Waals surface area contributed by atoms with Gasteiger partial charge in [-0.05, 0) is 61.4 Å². The second-order valence-electron chi connectivity index (χ2n) is 17.6. The molecule has 2 bridgehead atoms.